The Hall–Kier alpha value is -1.21. The van der Waals surface area contributed by atoms with Gasteiger partial charge in [-0.25, -0.2) is 0 Å². The molecular formula is C14H16S. The first-order valence-corrected chi connectivity index (χ1v) is 5.78. The SMILES string of the molecule is C=C/C=C\C(=C/C)Sc1ccc(C)cc1. The summed E-state index contributed by atoms with van der Waals surface area (Å²) in [7, 11) is 0. The fraction of sp³-hybridized carbons (Fsp3) is 0.143. The molecule has 1 aromatic carbocycles. The lowest BCUT2D eigenvalue weighted by atomic mass is 10.2. The van der Waals surface area contributed by atoms with E-state index in [-0.39, 0.29) is 0 Å². The Bertz CT molecular complexity index is 369. The van der Waals surface area contributed by atoms with Crippen LogP contribution in [0.5, 0.6) is 0 Å². The van der Waals surface area contributed by atoms with Gasteiger partial charge < -0.3 is 0 Å². The number of hydrogen-bond donors (Lipinski definition) is 0. The van der Waals surface area contributed by atoms with E-state index in [4.69, 9.17) is 0 Å². The molecule has 15 heavy (non-hydrogen) atoms. The zero-order valence-electron chi connectivity index (χ0n) is 9.23. The Balaban J connectivity index is 2.71. The van der Waals surface area contributed by atoms with Crippen LogP contribution in [0.1, 0.15) is 12.5 Å². The van der Waals surface area contributed by atoms with Gasteiger partial charge in [0, 0.05) is 9.80 Å². The molecule has 0 heterocycles. The summed E-state index contributed by atoms with van der Waals surface area (Å²) in [6.07, 6.45) is 7.91. The van der Waals surface area contributed by atoms with Gasteiger partial charge in [0.05, 0.1) is 0 Å². The Labute approximate surface area is 96.4 Å². The van der Waals surface area contributed by atoms with Crippen molar-refractivity contribution in [2.24, 2.45) is 0 Å². The lowest BCUT2D eigenvalue weighted by molar-refractivity contribution is 1.38. The van der Waals surface area contributed by atoms with Crippen molar-refractivity contribution in [1.29, 1.82) is 0 Å². The van der Waals surface area contributed by atoms with Gasteiger partial charge in [-0.15, -0.1) is 0 Å². The summed E-state index contributed by atoms with van der Waals surface area (Å²) in [6, 6.07) is 8.55. The highest BCUT2D eigenvalue weighted by Crippen LogP contribution is 2.27. The van der Waals surface area contributed by atoms with Gasteiger partial charge in [-0.05, 0) is 32.1 Å². The summed E-state index contributed by atoms with van der Waals surface area (Å²) in [5.74, 6) is 0. The maximum Gasteiger partial charge on any atom is 0.0122 e. The van der Waals surface area contributed by atoms with Crippen LogP contribution in [0.2, 0.25) is 0 Å². The minimum Gasteiger partial charge on any atom is -0.0991 e. The van der Waals surface area contributed by atoms with Gasteiger partial charge in [0.25, 0.3) is 0 Å². The van der Waals surface area contributed by atoms with Gasteiger partial charge in [0.1, 0.15) is 0 Å². The quantitative estimate of drug-likeness (QED) is 0.518. The highest BCUT2D eigenvalue weighted by atomic mass is 32.2. The third-order valence-corrected chi connectivity index (χ3v) is 3.05. The summed E-state index contributed by atoms with van der Waals surface area (Å²) < 4.78 is 0. The van der Waals surface area contributed by atoms with Crippen molar-refractivity contribution in [2.45, 2.75) is 18.7 Å². The van der Waals surface area contributed by atoms with E-state index < -0.39 is 0 Å². The van der Waals surface area contributed by atoms with Crippen molar-refractivity contribution in [3.8, 4) is 0 Å². The van der Waals surface area contributed by atoms with Crippen LogP contribution in [0.25, 0.3) is 0 Å². The molecule has 0 atom stereocenters. The molecule has 0 aliphatic heterocycles. The summed E-state index contributed by atoms with van der Waals surface area (Å²) in [4.78, 5) is 2.50. The van der Waals surface area contributed by atoms with Crippen LogP contribution in [0.15, 0.2) is 64.9 Å². The van der Waals surface area contributed by atoms with Gasteiger partial charge in [0.2, 0.25) is 0 Å². The van der Waals surface area contributed by atoms with Crippen molar-refractivity contribution in [1.82, 2.24) is 0 Å². The number of aryl methyl sites for hydroxylation is 1. The topological polar surface area (TPSA) is 0 Å². The third kappa shape index (κ3) is 4.22. The van der Waals surface area contributed by atoms with Crippen molar-refractivity contribution >= 4 is 11.8 Å². The Morgan fingerprint density at radius 2 is 1.93 bits per heavy atom. The zero-order valence-corrected chi connectivity index (χ0v) is 10.1. The number of allylic oxidation sites excluding steroid dienone is 4. The molecule has 1 rings (SSSR count). The lowest BCUT2D eigenvalue weighted by Crippen LogP contribution is -1.75. The van der Waals surface area contributed by atoms with E-state index in [2.05, 4.69) is 49.9 Å². The molecule has 0 aliphatic carbocycles. The largest absolute Gasteiger partial charge is 0.0991 e. The van der Waals surface area contributed by atoms with Crippen LogP contribution in [0, 0.1) is 6.92 Å². The molecule has 0 bridgehead atoms. The van der Waals surface area contributed by atoms with Crippen LogP contribution in [-0.2, 0) is 0 Å². The molecule has 0 aromatic heterocycles. The Morgan fingerprint density at radius 3 is 2.47 bits per heavy atom. The van der Waals surface area contributed by atoms with E-state index in [9.17, 15) is 0 Å². The fourth-order valence-corrected chi connectivity index (χ4v) is 1.90. The first-order valence-electron chi connectivity index (χ1n) is 4.96. The molecule has 0 N–H and O–H groups in total. The average molecular weight is 216 g/mol. The van der Waals surface area contributed by atoms with Gasteiger partial charge >= 0.3 is 0 Å². The fourth-order valence-electron chi connectivity index (χ4n) is 1.09. The van der Waals surface area contributed by atoms with Crippen molar-refractivity contribution in [2.75, 3.05) is 0 Å². The molecule has 78 valence electrons. The summed E-state index contributed by atoms with van der Waals surface area (Å²) in [5.41, 5.74) is 1.29. The van der Waals surface area contributed by atoms with E-state index in [1.165, 1.54) is 15.4 Å². The standard InChI is InChI=1S/C14H16S/c1-4-6-7-13(5-2)15-14-10-8-12(3)9-11-14/h4-11H,1H2,2-3H3/b7-6-,13-5+. The average Bonchev–Trinajstić information content (AvgIpc) is 2.27. The number of benzene rings is 1. The van der Waals surface area contributed by atoms with Gasteiger partial charge in [-0.1, -0.05) is 54.3 Å². The monoisotopic (exact) mass is 216 g/mol. The van der Waals surface area contributed by atoms with E-state index in [0.717, 1.165) is 0 Å². The number of hydrogen-bond acceptors (Lipinski definition) is 1. The molecule has 0 aliphatic rings. The Kier molecular flexibility index (Phi) is 4.99. The van der Waals surface area contributed by atoms with Crippen LogP contribution in [-0.4, -0.2) is 0 Å². The van der Waals surface area contributed by atoms with Crippen LogP contribution in [0.4, 0.5) is 0 Å². The second kappa shape index (κ2) is 6.31. The first kappa shape index (κ1) is 11.9. The second-order valence-corrected chi connectivity index (χ2v) is 4.35. The minimum atomic E-state index is 1.23. The van der Waals surface area contributed by atoms with E-state index in [1.807, 2.05) is 13.0 Å². The highest BCUT2D eigenvalue weighted by molar-refractivity contribution is 8.03. The summed E-state index contributed by atoms with van der Waals surface area (Å²) in [5, 5.41) is 0. The van der Waals surface area contributed by atoms with E-state index in [1.54, 1.807) is 17.8 Å². The molecular weight excluding hydrogens is 200 g/mol. The first-order chi connectivity index (χ1) is 7.26. The smallest absolute Gasteiger partial charge is 0.0122 e. The molecule has 0 radical (unpaired) electrons. The molecule has 0 spiro atoms. The predicted octanol–water partition coefficient (Wildman–Crippen LogP) is 4.73. The van der Waals surface area contributed by atoms with Crippen LogP contribution >= 0.6 is 11.8 Å². The molecule has 0 nitrogen and oxygen atoms in total. The van der Waals surface area contributed by atoms with E-state index in [0.29, 0.717) is 0 Å². The van der Waals surface area contributed by atoms with Gasteiger partial charge in [-0.3, -0.25) is 0 Å². The summed E-state index contributed by atoms with van der Waals surface area (Å²) >= 11 is 1.76. The Morgan fingerprint density at radius 1 is 1.27 bits per heavy atom. The highest BCUT2D eigenvalue weighted by Gasteiger charge is 1.95. The molecule has 1 aromatic rings. The molecule has 0 saturated carbocycles. The normalized spacial score (nSPS) is 12.0. The summed E-state index contributed by atoms with van der Waals surface area (Å²) in [6.45, 7) is 7.81. The molecule has 0 unspecified atom stereocenters. The van der Waals surface area contributed by atoms with Crippen molar-refractivity contribution in [3.63, 3.8) is 0 Å². The zero-order chi connectivity index (χ0) is 11.1. The second-order valence-electron chi connectivity index (χ2n) is 3.20. The number of rotatable bonds is 4. The molecule has 0 amide bonds. The maximum absolute atomic E-state index is 3.66. The van der Waals surface area contributed by atoms with Crippen molar-refractivity contribution < 1.29 is 0 Å². The van der Waals surface area contributed by atoms with Gasteiger partial charge in [-0.2, -0.15) is 0 Å². The lowest BCUT2D eigenvalue weighted by Gasteiger charge is -2.02. The molecule has 0 saturated heterocycles. The van der Waals surface area contributed by atoms with E-state index >= 15 is 0 Å². The maximum atomic E-state index is 3.66. The number of thioether (sulfide) groups is 1. The van der Waals surface area contributed by atoms with Crippen LogP contribution < -0.4 is 0 Å². The van der Waals surface area contributed by atoms with Crippen LogP contribution in [0.3, 0.4) is 0 Å². The predicted molar refractivity (Wildman–Crippen MR) is 70.1 cm³/mol. The van der Waals surface area contributed by atoms with Crippen molar-refractivity contribution in [3.05, 3.63) is 65.6 Å². The minimum absolute atomic E-state index is 1.23. The van der Waals surface area contributed by atoms with Gasteiger partial charge in [0.15, 0.2) is 0 Å². The third-order valence-electron chi connectivity index (χ3n) is 1.94. The molecule has 0 fully saturated rings. The molecule has 1 heteroatoms.